The summed E-state index contributed by atoms with van der Waals surface area (Å²) in [7, 11) is 0. The fourth-order valence-corrected chi connectivity index (χ4v) is 4.40. The van der Waals surface area contributed by atoms with Crippen LogP contribution in [0.25, 0.3) is 0 Å². The van der Waals surface area contributed by atoms with E-state index >= 15 is 0 Å². The van der Waals surface area contributed by atoms with Gasteiger partial charge in [-0.05, 0) is 63.5 Å². The van der Waals surface area contributed by atoms with Gasteiger partial charge in [0.2, 0.25) is 5.91 Å². The zero-order valence-electron chi connectivity index (χ0n) is 12.1. The number of carbonyl (C=O) groups is 1. The Morgan fingerprint density at radius 1 is 1.00 bits per heavy atom. The molecule has 3 aliphatic rings. The monoisotopic (exact) mass is 264 g/mol. The molecule has 1 atom stereocenters. The predicted octanol–water partition coefficient (Wildman–Crippen LogP) is 2.56. The molecule has 3 nitrogen and oxygen atoms in total. The third-order valence-corrected chi connectivity index (χ3v) is 5.49. The Hall–Kier alpha value is -0.570. The molecule has 19 heavy (non-hydrogen) atoms. The summed E-state index contributed by atoms with van der Waals surface area (Å²) < 4.78 is 0. The van der Waals surface area contributed by atoms with Crippen molar-refractivity contribution >= 4 is 5.91 Å². The summed E-state index contributed by atoms with van der Waals surface area (Å²) in [6.45, 7) is 3.32. The second-order valence-corrected chi connectivity index (χ2v) is 6.74. The van der Waals surface area contributed by atoms with Crippen molar-refractivity contribution in [1.82, 2.24) is 10.2 Å². The highest BCUT2D eigenvalue weighted by Gasteiger charge is 2.35. The Morgan fingerprint density at radius 2 is 1.74 bits per heavy atom. The highest BCUT2D eigenvalue weighted by atomic mass is 16.2. The minimum Gasteiger partial charge on any atom is -0.339 e. The van der Waals surface area contributed by atoms with Gasteiger partial charge in [0.05, 0.1) is 0 Å². The predicted molar refractivity (Wildman–Crippen MR) is 76.9 cm³/mol. The molecule has 1 N–H and O–H groups in total. The number of piperidine rings is 1. The Kier molecular flexibility index (Phi) is 4.42. The van der Waals surface area contributed by atoms with Crippen molar-refractivity contribution in [2.75, 3.05) is 19.6 Å². The molecule has 1 amide bonds. The van der Waals surface area contributed by atoms with Crippen LogP contribution in [0.3, 0.4) is 0 Å². The van der Waals surface area contributed by atoms with E-state index in [2.05, 4.69) is 10.2 Å². The molecule has 0 spiro atoms. The lowest BCUT2D eigenvalue weighted by Gasteiger charge is -2.34. The van der Waals surface area contributed by atoms with Gasteiger partial charge in [-0.3, -0.25) is 4.79 Å². The molecule has 1 unspecified atom stereocenters. The van der Waals surface area contributed by atoms with Crippen LogP contribution in [0.5, 0.6) is 0 Å². The summed E-state index contributed by atoms with van der Waals surface area (Å²) in [4.78, 5) is 14.8. The van der Waals surface area contributed by atoms with Crippen molar-refractivity contribution in [2.24, 2.45) is 11.8 Å². The van der Waals surface area contributed by atoms with E-state index in [-0.39, 0.29) is 0 Å². The highest BCUT2D eigenvalue weighted by Crippen LogP contribution is 2.33. The first-order chi connectivity index (χ1) is 9.34. The molecule has 108 valence electrons. The molecule has 0 bridgehead atoms. The minimum atomic E-state index is 0.466. The largest absolute Gasteiger partial charge is 0.339 e. The van der Waals surface area contributed by atoms with Crippen LogP contribution in [0.15, 0.2) is 0 Å². The molecule has 0 radical (unpaired) electrons. The molecule has 3 rings (SSSR count). The van der Waals surface area contributed by atoms with Gasteiger partial charge in [-0.25, -0.2) is 0 Å². The third kappa shape index (κ3) is 3.13. The van der Waals surface area contributed by atoms with Crippen LogP contribution < -0.4 is 5.32 Å². The van der Waals surface area contributed by atoms with Gasteiger partial charge in [0.15, 0.2) is 0 Å². The number of carbonyl (C=O) groups excluding carboxylic acids is 1. The van der Waals surface area contributed by atoms with E-state index < -0.39 is 0 Å². The van der Waals surface area contributed by atoms with Gasteiger partial charge in [0.1, 0.15) is 0 Å². The molecule has 0 aromatic heterocycles. The van der Waals surface area contributed by atoms with Crippen molar-refractivity contribution in [3.63, 3.8) is 0 Å². The van der Waals surface area contributed by atoms with Crippen molar-refractivity contribution in [2.45, 2.75) is 63.8 Å². The molecule has 1 saturated carbocycles. The summed E-state index contributed by atoms with van der Waals surface area (Å²) in [6, 6.07) is 0.566. The maximum absolute atomic E-state index is 12.6. The number of hydrogen-bond donors (Lipinski definition) is 1. The molecule has 0 aromatic rings. The smallest absolute Gasteiger partial charge is 0.223 e. The van der Waals surface area contributed by atoms with E-state index in [1.54, 1.807) is 0 Å². The van der Waals surface area contributed by atoms with Gasteiger partial charge in [0, 0.05) is 19.0 Å². The Labute approximate surface area is 117 Å². The number of likely N-dealkylation sites (tertiary alicyclic amines) is 1. The SMILES string of the molecule is O=C(CC1CCCC1)N1CCCC1C1CCNCC1. The molecule has 2 saturated heterocycles. The molecular formula is C16H28N2O. The molecule has 3 heteroatoms. The summed E-state index contributed by atoms with van der Waals surface area (Å²) in [5.41, 5.74) is 0. The van der Waals surface area contributed by atoms with Gasteiger partial charge in [-0.15, -0.1) is 0 Å². The van der Waals surface area contributed by atoms with E-state index in [1.807, 2.05) is 0 Å². The lowest BCUT2D eigenvalue weighted by atomic mass is 9.88. The van der Waals surface area contributed by atoms with Crippen molar-refractivity contribution in [3.05, 3.63) is 0 Å². The first-order valence-electron chi connectivity index (χ1n) is 8.35. The fourth-order valence-electron chi connectivity index (χ4n) is 4.40. The van der Waals surface area contributed by atoms with Crippen LogP contribution in [0.4, 0.5) is 0 Å². The van der Waals surface area contributed by atoms with Crippen LogP contribution >= 0.6 is 0 Å². The highest BCUT2D eigenvalue weighted by molar-refractivity contribution is 5.77. The van der Waals surface area contributed by atoms with Crippen molar-refractivity contribution in [1.29, 1.82) is 0 Å². The van der Waals surface area contributed by atoms with Crippen LogP contribution in [-0.4, -0.2) is 36.5 Å². The van der Waals surface area contributed by atoms with Gasteiger partial charge in [-0.2, -0.15) is 0 Å². The second-order valence-electron chi connectivity index (χ2n) is 6.74. The Morgan fingerprint density at radius 3 is 2.47 bits per heavy atom. The normalized spacial score (nSPS) is 30.1. The number of nitrogens with one attached hydrogen (secondary N) is 1. The van der Waals surface area contributed by atoms with E-state index in [9.17, 15) is 4.79 Å². The van der Waals surface area contributed by atoms with Crippen LogP contribution in [0, 0.1) is 11.8 Å². The zero-order valence-corrected chi connectivity index (χ0v) is 12.1. The van der Waals surface area contributed by atoms with E-state index in [0.29, 0.717) is 17.9 Å². The standard InChI is InChI=1S/C16H28N2O/c19-16(12-13-4-1-2-5-13)18-11-3-6-15(18)14-7-9-17-10-8-14/h13-15,17H,1-12H2. The Balaban J connectivity index is 1.56. The Bertz CT molecular complexity index is 306. The first-order valence-corrected chi connectivity index (χ1v) is 8.35. The average molecular weight is 264 g/mol. The number of amides is 1. The summed E-state index contributed by atoms with van der Waals surface area (Å²) in [5.74, 6) is 1.92. The number of hydrogen-bond acceptors (Lipinski definition) is 2. The quantitative estimate of drug-likeness (QED) is 0.849. The van der Waals surface area contributed by atoms with Crippen molar-refractivity contribution < 1.29 is 4.79 Å². The van der Waals surface area contributed by atoms with E-state index in [0.717, 1.165) is 32.0 Å². The van der Waals surface area contributed by atoms with Gasteiger partial charge in [-0.1, -0.05) is 12.8 Å². The van der Waals surface area contributed by atoms with Crippen molar-refractivity contribution in [3.8, 4) is 0 Å². The molecule has 3 fully saturated rings. The molecule has 2 heterocycles. The maximum atomic E-state index is 12.6. The number of nitrogens with zero attached hydrogens (tertiary/aromatic N) is 1. The third-order valence-electron chi connectivity index (χ3n) is 5.49. The fraction of sp³-hybridized carbons (Fsp3) is 0.938. The first kappa shape index (κ1) is 13.4. The van der Waals surface area contributed by atoms with Gasteiger partial charge in [0.25, 0.3) is 0 Å². The molecule has 1 aliphatic carbocycles. The topological polar surface area (TPSA) is 32.3 Å². The lowest BCUT2D eigenvalue weighted by Crippen LogP contribution is -2.44. The van der Waals surface area contributed by atoms with Gasteiger partial charge < -0.3 is 10.2 Å². The zero-order chi connectivity index (χ0) is 13.1. The van der Waals surface area contributed by atoms with E-state index in [4.69, 9.17) is 0 Å². The molecule has 0 aromatic carbocycles. The second kappa shape index (κ2) is 6.25. The molecular weight excluding hydrogens is 236 g/mol. The van der Waals surface area contributed by atoms with Gasteiger partial charge >= 0.3 is 0 Å². The minimum absolute atomic E-state index is 0.466. The maximum Gasteiger partial charge on any atom is 0.223 e. The summed E-state index contributed by atoms with van der Waals surface area (Å²) in [5, 5.41) is 3.44. The summed E-state index contributed by atoms with van der Waals surface area (Å²) in [6.07, 6.45) is 11.1. The lowest BCUT2D eigenvalue weighted by molar-refractivity contribution is -0.134. The van der Waals surface area contributed by atoms with Crippen LogP contribution in [0.1, 0.15) is 57.8 Å². The molecule has 2 aliphatic heterocycles. The number of rotatable bonds is 3. The van der Waals surface area contributed by atoms with Crippen LogP contribution in [0.2, 0.25) is 0 Å². The summed E-state index contributed by atoms with van der Waals surface area (Å²) >= 11 is 0. The van der Waals surface area contributed by atoms with Crippen LogP contribution in [-0.2, 0) is 4.79 Å². The average Bonchev–Trinajstić information content (AvgIpc) is 3.10. The van der Waals surface area contributed by atoms with E-state index in [1.165, 1.54) is 51.4 Å².